The van der Waals surface area contributed by atoms with Gasteiger partial charge in [0.1, 0.15) is 13.2 Å². The monoisotopic (exact) mass is 532 g/mol. The Kier molecular flexibility index (Phi) is 6.25. The molecule has 2 aromatic carbocycles. The minimum Gasteiger partial charge on any atom is -0.486 e. The SMILES string of the molecule is O=c1[nH]c2cc3c(cc2cc1CN(Cc1ccc2c(c1)OCO2)Cc1nnnn1C[C@@H]1CCCO1)OCCO3. The number of H-pyrrole nitrogens is 1. The Bertz CT molecular complexity index is 1560. The number of aromatic nitrogens is 5. The van der Waals surface area contributed by atoms with E-state index in [1.807, 2.05) is 36.4 Å². The molecule has 0 aliphatic carbocycles. The van der Waals surface area contributed by atoms with Gasteiger partial charge in [-0.05, 0) is 53.1 Å². The molecule has 1 fully saturated rings. The van der Waals surface area contributed by atoms with Gasteiger partial charge in [0.15, 0.2) is 28.8 Å². The molecule has 1 atom stereocenters. The number of hydrogen-bond acceptors (Lipinski definition) is 10. The predicted molar refractivity (Wildman–Crippen MR) is 138 cm³/mol. The lowest BCUT2D eigenvalue weighted by Crippen LogP contribution is -2.29. The number of aromatic amines is 1. The molecule has 12 nitrogen and oxygen atoms in total. The van der Waals surface area contributed by atoms with Gasteiger partial charge in [-0.3, -0.25) is 9.69 Å². The van der Waals surface area contributed by atoms with E-state index < -0.39 is 0 Å². The first-order valence-electron chi connectivity index (χ1n) is 13.1. The zero-order valence-corrected chi connectivity index (χ0v) is 21.3. The van der Waals surface area contributed by atoms with E-state index >= 15 is 0 Å². The lowest BCUT2D eigenvalue weighted by Gasteiger charge is -2.23. The molecule has 39 heavy (non-hydrogen) atoms. The van der Waals surface area contributed by atoms with Gasteiger partial charge in [-0.25, -0.2) is 4.68 Å². The van der Waals surface area contributed by atoms with Crippen molar-refractivity contribution >= 4 is 10.9 Å². The molecule has 4 aromatic rings. The van der Waals surface area contributed by atoms with Crippen LogP contribution in [0, 0.1) is 0 Å². The van der Waals surface area contributed by atoms with Gasteiger partial charge < -0.3 is 28.7 Å². The van der Waals surface area contributed by atoms with Crippen molar-refractivity contribution in [2.75, 3.05) is 26.6 Å². The van der Waals surface area contributed by atoms with E-state index in [1.165, 1.54) is 0 Å². The highest BCUT2D eigenvalue weighted by molar-refractivity contribution is 5.83. The Morgan fingerprint density at radius 2 is 1.77 bits per heavy atom. The van der Waals surface area contributed by atoms with Crippen LogP contribution in [0.5, 0.6) is 23.0 Å². The van der Waals surface area contributed by atoms with Crippen LogP contribution in [0.1, 0.15) is 29.8 Å². The third kappa shape index (κ3) is 5.00. The van der Waals surface area contributed by atoms with Crippen LogP contribution < -0.4 is 24.5 Å². The largest absolute Gasteiger partial charge is 0.486 e. The molecule has 0 saturated carbocycles. The molecule has 0 amide bonds. The number of tetrazole rings is 1. The summed E-state index contributed by atoms with van der Waals surface area (Å²) in [6, 6.07) is 11.5. The first-order valence-corrected chi connectivity index (χ1v) is 13.1. The Hall–Kier alpha value is -4.16. The molecular weight excluding hydrogens is 504 g/mol. The minimum atomic E-state index is -0.159. The summed E-state index contributed by atoms with van der Waals surface area (Å²) in [5.41, 5.74) is 2.19. The molecule has 202 valence electrons. The van der Waals surface area contributed by atoms with E-state index in [1.54, 1.807) is 4.68 Å². The summed E-state index contributed by atoms with van der Waals surface area (Å²) in [6.07, 6.45) is 2.14. The number of pyridine rings is 1. The summed E-state index contributed by atoms with van der Waals surface area (Å²) in [7, 11) is 0. The quantitative estimate of drug-likeness (QED) is 0.362. The van der Waals surface area contributed by atoms with Crippen molar-refractivity contribution in [2.45, 2.75) is 45.1 Å². The van der Waals surface area contributed by atoms with Crippen molar-refractivity contribution < 1.29 is 23.7 Å². The van der Waals surface area contributed by atoms with E-state index in [2.05, 4.69) is 25.4 Å². The third-order valence-corrected chi connectivity index (χ3v) is 7.19. The van der Waals surface area contributed by atoms with Crippen LogP contribution in [-0.4, -0.2) is 62.8 Å². The molecular formula is C27H28N6O6. The maximum atomic E-state index is 13.2. The first-order chi connectivity index (χ1) is 19.2. The topological polar surface area (TPSA) is 126 Å². The number of fused-ring (bicyclic) bond motifs is 3. The van der Waals surface area contributed by atoms with Gasteiger partial charge in [0.2, 0.25) is 6.79 Å². The fourth-order valence-electron chi connectivity index (χ4n) is 5.27. The average Bonchev–Trinajstić information content (AvgIpc) is 3.71. The fraction of sp³-hybridized carbons (Fsp3) is 0.407. The van der Waals surface area contributed by atoms with Crippen molar-refractivity contribution in [1.29, 1.82) is 0 Å². The molecule has 1 saturated heterocycles. The number of nitrogens with one attached hydrogen (secondary N) is 1. The standard InChI is InChI=1S/C27H28N6O6/c34-27-19(9-18-10-24-25(11-21(18)28-27)37-7-6-36-24)13-32(12-17-3-4-22-23(8-17)39-16-38-22)15-26-29-30-31-33(26)14-20-2-1-5-35-20/h3-4,8-11,20H,1-2,5-7,12-16H2,(H,28,34)/t20-/m0/s1. The van der Waals surface area contributed by atoms with E-state index in [0.29, 0.717) is 73.5 Å². The summed E-state index contributed by atoms with van der Waals surface area (Å²) in [6.45, 7) is 3.93. The highest BCUT2D eigenvalue weighted by atomic mass is 16.7. The molecule has 5 heterocycles. The number of ether oxygens (including phenoxy) is 5. The van der Waals surface area contributed by atoms with Gasteiger partial charge in [-0.1, -0.05) is 6.07 Å². The Labute approximate surface area is 223 Å². The zero-order valence-electron chi connectivity index (χ0n) is 21.3. The number of benzene rings is 2. The van der Waals surface area contributed by atoms with E-state index in [4.69, 9.17) is 23.7 Å². The van der Waals surface area contributed by atoms with Crippen molar-refractivity contribution in [1.82, 2.24) is 30.1 Å². The van der Waals surface area contributed by atoms with Gasteiger partial charge in [-0.15, -0.1) is 5.10 Å². The molecule has 3 aliphatic rings. The number of rotatable bonds is 8. The summed E-state index contributed by atoms with van der Waals surface area (Å²) in [5, 5.41) is 13.3. The van der Waals surface area contributed by atoms with E-state index in [0.717, 1.165) is 36.1 Å². The summed E-state index contributed by atoms with van der Waals surface area (Å²) in [4.78, 5) is 18.3. The Balaban J connectivity index is 1.19. The van der Waals surface area contributed by atoms with Gasteiger partial charge in [0.05, 0.1) is 24.7 Å². The highest BCUT2D eigenvalue weighted by Crippen LogP contribution is 2.35. The molecule has 0 bridgehead atoms. The predicted octanol–water partition coefficient (Wildman–Crippen LogP) is 2.40. The smallest absolute Gasteiger partial charge is 0.252 e. The van der Waals surface area contributed by atoms with Crippen molar-refractivity contribution in [3.63, 3.8) is 0 Å². The molecule has 1 N–H and O–H groups in total. The van der Waals surface area contributed by atoms with E-state index in [-0.39, 0.29) is 18.5 Å². The Morgan fingerprint density at radius 1 is 0.923 bits per heavy atom. The molecule has 12 heteroatoms. The van der Waals surface area contributed by atoms with Crippen LogP contribution in [0.3, 0.4) is 0 Å². The second-order valence-electron chi connectivity index (χ2n) is 9.95. The molecule has 2 aromatic heterocycles. The maximum Gasteiger partial charge on any atom is 0.252 e. The van der Waals surface area contributed by atoms with Crippen molar-refractivity contribution in [2.24, 2.45) is 0 Å². The average molecular weight is 533 g/mol. The van der Waals surface area contributed by atoms with E-state index in [9.17, 15) is 4.79 Å². The van der Waals surface area contributed by atoms with Crippen molar-refractivity contribution in [3.05, 3.63) is 63.7 Å². The van der Waals surface area contributed by atoms with Crippen LogP contribution in [0.2, 0.25) is 0 Å². The fourth-order valence-corrected chi connectivity index (χ4v) is 5.27. The summed E-state index contributed by atoms with van der Waals surface area (Å²) in [5.74, 6) is 3.47. The lowest BCUT2D eigenvalue weighted by atomic mass is 10.1. The van der Waals surface area contributed by atoms with Gasteiger partial charge in [0, 0.05) is 36.7 Å². The van der Waals surface area contributed by atoms with Crippen molar-refractivity contribution in [3.8, 4) is 23.0 Å². The van der Waals surface area contributed by atoms with Crippen LogP contribution in [0.25, 0.3) is 10.9 Å². The zero-order chi connectivity index (χ0) is 26.2. The lowest BCUT2D eigenvalue weighted by molar-refractivity contribution is 0.0914. The number of nitrogens with zero attached hydrogens (tertiary/aromatic N) is 5. The molecule has 3 aliphatic heterocycles. The maximum absolute atomic E-state index is 13.2. The van der Waals surface area contributed by atoms with Crippen LogP contribution >= 0.6 is 0 Å². The van der Waals surface area contributed by atoms with Crippen LogP contribution in [-0.2, 0) is 30.9 Å². The second kappa shape index (κ2) is 10.2. The minimum absolute atomic E-state index is 0.106. The molecule has 0 spiro atoms. The highest BCUT2D eigenvalue weighted by Gasteiger charge is 2.22. The summed E-state index contributed by atoms with van der Waals surface area (Å²) >= 11 is 0. The Morgan fingerprint density at radius 3 is 2.64 bits per heavy atom. The van der Waals surface area contributed by atoms with Gasteiger partial charge in [0.25, 0.3) is 5.56 Å². The van der Waals surface area contributed by atoms with Gasteiger partial charge >= 0.3 is 0 Å². The van der Waals surface area contributed by atoms with Gasteiger partial charge in [-0.2, -0.15) is 0 Å². The third-order valence-electron chi connectivity index (χ3n) is 7.19. The van der Waals surface area contributed by atoms with Crippen LogP contribution in [0.4, 0.5) is 0 Å². The molecule has 0 unspecified atom stereocenters. The second-order valence-corrected chi connectivity index (χ2v) is 9.95. The first kappa shape index (κ1) is 23.9. The molecule has 7 rings (SSSR count). The normalized spacial score (nSPS) is 17.8. The molecule has 0 radical (unpaired) electrons. The van der Waals surface area contributed by atoms with Crippen LogP contribution in [0.15, 0.2) is 41.2 Å². The summed E-state index contributed by atoms with van der Waals surface area (Å²) < 4.78 is 30.1. The number of hydrogen-bond donors (Lipinski definition) is 1.